The Morgan fingerprint density at radius 2 is 2.05 bits per heavy atom. The van der Waals surface area contributed by atoms with Crippen LogP contribution in [-0.2, 0) is 9.53 Å². The van der Waals surface area contributed by atoms with E-state index in [2.05, 4.69) is 0 Å². The molecule has 0 radical (unpaired) electrons. The summed E-state index contributed by atoms with van der Waals surface area (Å²) in [5.41, 5.74) is 0. The van der Waals surface area contributed by atoms with E-state index in [4.69, 9.17) is 9.47 Å². The number of ether oxygens (including phenoxy) is 2. The summed E-state index contributed by atoms with van der Waals surface area (Å²) in [4.78, 5) is 13.1. The summed E-state index contributed by atoms with van der Waals surface area (Å²) in [6.07, 6.45) is 0.0204. The van der Waals surface area contributed by atoms with E-state index in [1.54, 1.807) is 25.2 Å². The third-order valence-electron chi connectivity index (χ3n) is 2.49. The Balaban J connectivity index is 2.29. The third-order valence-corrected chi connectivity index (χ3v) is 2.49. The van der Waals surface area contributed by atoms with Crippen LogP contribution in [0, 0.1) is 5.82 Å². The van der Waals surface area contributed by atoms with Gasteiger partial charge in [-0.3, -0.25) is 4.79 Å². The number of amides is 1. The zero-order valence-electron chi connectivity index (χ0n) is 11.6. The fraction of sp³-hybridized carbons (Fsp3) is 0.500. The molecule has 0 aliphatic heterocycles. The zero-order valence-corrected chi connectivity index (χ0v) is 11.6. The van der Waals surface area contributed by atoms with Crippen LogP contribution in [0.2, 0.25) is 0 Å². The average Bonchev–Trinajstić information content (AvgIpc) is 2.38. The monoisotopic (exact) mass is 269 g/mol. The lowest BCUT2D eigenvalue weighted by atomic mass is 10.3. The third kappa shape index (κ3) is 5.70. The Bertz CT molecular complexity index is 409. The van der Waals surface area contributed by atoms with Gasteiger partial charge < -0.3 is 14.4 Å². The molecule has 1 aromatic rings. The summed E-state index contributed by atoms with van der Waals surface area (Å²) in [7, 11) is 1.66. The zero-order chi connectivity index (χ0) is 14.3. The van der Waals surface area contributed by atoms with Crippen molar-refractivity contribution in [3.8, 4) is 5.75 Å². The minimum absolute atomic E-state index is 0.0204. The lowest BCUT2D eigenvalue weighted by Crippen LogP contribution is -2.34. The number of halogens is 1. The van der Waals surface area contributed by atoms with E-state index in [-0.39, 0.29) is 31.0 Å². The topological polar surface area (TPSA) is 38.8 Å². The molecule has 0 saturated heterocycles. The highest BCUT2D eigenvalue weighted by atomic mass is 19.1. The van der Waals surface area contributed by atoms with E-state index in [0.29, 0.717) is 6.54 Å². The van der Waals surface area contributed by atoms with Crippen molar-refractivity contribution in [2.24, 2.45) is 0 Å². The van der Waals surface area contributed by atoms with Gasteiger partial charge in [-0.1, -0.05) is 12.1 Å². The summed E-state index contributed by atoms with van der Waals surface area (Å²) in [6, 6.07) is 6.19. The summed E-state index contributed by atoms with van der Waals surface area (Å²) < 4.78 is 23.7. The van der Waals surface area contributed by atoms with Gasteiger partial charge >= 0.3 is 0 Å². The van der Waals surface area contributed by atoms with Crippen LogP contribution in [0.5, 0.6) is 5.75 Å². The second-order valence-corrected chi connectivity index (χ2v) is 4.45. The van der Waals surface area contributed by atoms with Crippen LogP contribution >= 0.6 is 0 Å². The van der Waals surface area contributed by atoms with E-state index in [1.165, 1.54) is 11.0 Å². The molecule has 4 nitrogen and oxygen atoms in total. The quantitative estimate of drug-likeness (QED) is 0.761. The number of benzene rings is 1. The molecule has 0 N–H and O–H groups in total. The fourth-order valence-electron chi connectivity index (χ4n) is 1.33. The van der Waals surface area contributed by atoms with Crippen molar-refractivity contribution in [2.45, 2.75) is 20.0 Å². The first-order valence-electron chi connectivity index (χ1n) is 6.23. The largest absolute Gasteiger partial charge is 0.489 e. The van der Waals surface area contributed by atoms with Crippen LogP contribution in [-0.4, -0.2) is 43.7 Å². The molecule has 0 heterocycles. The Hall–Kier alpha value is -1.62. The van der Waals surface area contributed by atoms with Gasteiger partial charge in [0.15, 0.2) is 11.6 Å². The molecule has 5 heteroatoms. The number of hydrogen-bond donors (Lipinski definition) is 0. The molecule has 0 spiro atoms. The normalized spacial score (nSPS) is 10.6. The van der Waals surface area contributed by atoms with Crippen LogP contribution in [0.25, 0.3) is 0 Å². The van der Waals surface area contributed by atoms with Gasteiger partial charge in [-0.15, -0.1) is 0 Å². The molecule has 1 amide bonds. The molecule has 0 aliphatic carbocycles. The highest BCUT2D eigenvalue weighted by Gasteiger charge is 2.10. The maximum Gasteiger partial charge on any atom is 0.248 e. The van der Waals surface area contributed by atoms with E-state index in [9.17, 15) is 9.18 Å². The SMILES string of the molecule is CC(C)OCC(=O)N(C)CCOc1ccccc1F. The average molecular weight is 269 g/mol. The maximum atomic E-state index is 13.3. The van der Waals surface area contributed by atoms with Crippen molar-refractivity contribution in [1.29, 1.82) is 0 Å². The number of para-hydroxylation sites is 1. The molecule has 0 atom stereocenters. The molecule has 1 aromatic carbocycles. The molecule has 1 rings (SSSR count). The molecule has 106 valence electrons. The summed E-state index contributed by atoms with van der Waals surface area (Å²) in [5, 5.41) is 0. The van der Waals surface area contributed by atoms with Crippen molar-refractivity contribution in [1.82, 2.24) is 4.90 Å². The minimum Gasteiger partial charge on any atom is -0.489 e. The standard InChI is InChI=1S/C14H20FNO3/c1-11(2)19-10-14(17)16(3)8-9-18-13-7-5-4-6-12(13)15/h4-7,11H,8-10H2,1-3H3. The number of carbonyl (C=O) groups excluding carboxylic acids is 1. The van der Waals surface area contributed by atoms with Gasteiger partial charge in [0.25, 0.3) is 0 Å². The summed E-state index contributed by atoms with van der Waals surface area (Å²) in [6.45, 7) is 4.41. The maximum absolute atomic E-state index is 13.3. The summed E-state index contributed by atoms with van der Waals surface area (Å²) in [5.74, 6) is -0.327. The molecule has 0 saturated carbocycles. The van der Waals surface area contributed by atoms with Crippen molar-refractivity contribution in [3.05, 3.63) is 30.1 Å². The van der Waals surface area contributed by atoms with Crippen molar-refractivity contribution in [2.75, 3.05) is 26.8 Å². The molecule has 0 bridgehead atoms. The molecule has 0 aliphatic rings. The number of hydrogen-bond acceptors (Lipinski definition) is 3. The molecular weight excluding hydrogens is 249 g/mol. The first-order chi connectivity index (χ1) is 9.00. The molecule has 0 aromatic heterocycles. The van der Waals surface area contributed by atoms with Crippen molar-refractivity contribution >= 4 is 5.91 Å². The highest BCUT2D eigenvalue weighted by Crippen LogP contribution is 2.14. The number of nitrogens with zero attached hydrogens (tertiary/aromatic N) is 1. The van der Waals surface area contributed by atoms with Gasteiger partial charge in [0.05, 0.1) is 12.6 Å². The molecular formula is C14H20FNO3. The first-order valence-corrected chi connectivity index (χ1v) is 6.23. The Morgan fingerprint density at radius 3 is 2.68 bits per heavy atom. The van der Waals surface area contributed by atoms with Crippen molar-refractivity contribution in [3.63, 3.8) is 0 Å². The summed E-state index contributed by atoms with van der Waals surface area (Å²) >= 11 is 0. The van der Waals surface area contributed by atoms with Crippen LogP contribution in [0.1, 0.15) is 13.8 Å². The lowest BCUT2D eigenvalue weighted by molar-refractivity contribution is -0.136. The lowest BCUT2D eigenvalue weighted by Gasteiger charge is -2.18. The van der Waals surface area contributed by atoms with Gasteiger partial charge in [0.2, 0.25) is 5.91 Å². The molecule has 0 unspecified atom stereocenters. The second-order valence-electron chi connectivity index (χ2n) is 4.45. The van der Waals surface area contributed by atoms with E-state index < -0.39 is 5.82 Å². The van der Waals surface area contributed by atoms with E-state index in [0.717, 1.165) is 0 Å². The smallest absolute Gasteiger partial charge is 0.248 e. The van der Waals surface area contributed by atoms with E-state index in [1.807, 2.05) is 13.8 Å². The fourth-order valence-corrected chi connectivity index (χ4v) is 1.33. The minimum atomic E-state index is -0.403. The van der Waals surface area contributed by atoms with Crippen LogP contribution in [0.3, 0.4) is 0 Å². The Morgan fingerprint density at radius 1 is 1.37 bits per heavy atom. The van der Waals surface area contributed by atoms with Crippen LogP contribution in [0.15, 0.2) is 24.3 Å². The number of rotatable bonds is 7. The van der Waals surface area contributed by atoms with Gasteiger partial charge in [-0.2, -0.15) is 0 Å². The van der Waals surface area contributed by atoms with Gasteiger partial charge in [0, 0.05) is 7.05 Å². The molecule has 0 fully saturated rings. The highest BCUT2D eigenvalue weighted by molar-refractivity contribution is 5.77. The Labute approximate surface area is 113 Å². The molecule has 19 heavy (non-hydrogen) atoms. The first kappa shape index (κ1) is 15.4. The number of likely N-dealkylation sites (N-methyl/N-ethyl adjacent to an activating group) is 1. The van der Waals surface area contributed by atoms with Gasteiger partial charge in [-0.25, -0.2) is 4.39 Å². The van der Waals surface area contributed by atoms with E-state index >= 15 is 0 Å². The van der Waals surface area contributed by atoms with Crippen LogP contribution in [0.4, 0.5) is 4.39 Å². The van der Waals surface area contributed by atoms with Gasteiger partial charge in [-0.05, 0) is 26.0 Å². The number of carbonyl (C=O) groups is 1. The second kappa shape index (κ2) is 7.74. The van der Waals surface area contributed by atoms with Crippen molar-refractivity contribution < 1.29 is 18.7 Å². The Kier molecular flexibility index (Phi) is 6.29. The predicted octanol–water partition coefficient (Wildman–Crippen LogP) is 2.09. The van der Waals surface area contributed by atoms with Crippen LogP contribution < -0.4 is 4.74 Å². The van der Waals surface area contributed by atoms with Gasteiger partial charge in [0.1, 0.15) is 13.2 Å². The predicted molar refractivity (Wildman–Crippen MR) is 70.6 cm³/mol.